The number of aliphatic hydroxyl groups is 1. The van der Waals surface area contributed by atoms with Crippen molar-refractivity contribution in [2.24, 2.45) is 0 Å². The van der Waals surface area contributed by atoms with Crippen molar-refractivity contribution in [2.75, 3.05) is 6.61 Å². The number of carbonyl (C=O) groups excluding carboxylic acids is 1. The third-order valence-corrected chi connectivity index (χ3v) is 3.37. The molecule has 0 amide bonds. The minimum Gasteiger partial charge on any atom is -0.466 e. The zero-order chi connectivity index (χ0) is 12.5. The lowest BCUT2D eigenvalue weighted by Crippen LogP contribution is -2.33. The van der Waals surface area contributed by atoms with Crippen molar-refractivity contribution < 1.29 is 14.6 Å². The molecule has 0 radical (unpaired) electrons. The summed E-state index contributed by atoms with van der Waals surface area (Å²) in [7, 11) is 0. The van der Waals surface area contributed by atoms with Crippen LogP contribution in [0.15, 0.2) is 18.2 Å². The molecule has 1 unspecified atom stereocenters. The normalized spacial score (nSPS) is 22.3. The summed E-state index contributed by atoms with van der Waals surface area (Å²) in [6, 6.07) is 5.60. The van der Waals surface area contributed by atoms with Gasteiger partial charge >= 0.3 is 5.97 Å². The molecule has 1 atom stereocenters. The van der Waals surface area contributed by atoms with E-state index in [-0.39, 0.29) is 12.4 Å². The Morgan fingerprint density at radius 1 is 1.53 bits per heavy atom. The van der Waals surface area contributed by atoms with Gasteiger partial charge < -0.3 is 9.84 Å². The van der Waals surface area contributed by atoms with Gasteiger partial charge in [-0.3, -0.25) is 4.79 Å². The van der Waals surface area contributed by atoms with Crippen LogP contribution in [0.3, 0.4) is 0 Å². The average Bonchev–Trinajstić information content (AvgIpc) is 2.56. The summed E-state index contributed by atoms with van der Waals surface area (Å²) in [5, 5.41) is 11.0. The highest BCUT2D eigenvalue weighted by Crippen LogP contribution is 2.36. The largest absolute Gasteiger partial charge is 0.466 e. The number of ether oxygens (including phenoxy) is 1. The molecule has 1 aliphatic rings. The summed E-state index contributed by atoms with van der Waals surface area (Å²) in [5.41, 5.74) is 0.921. The molecule has 0 aromatic heterocycles. The van der Waals surface area contributed by atoms with Crippen LogP contribution in [0, 0.1) is 0 Å². The van der Waals surface area contributed by atoms with Crippen molar-refractivity contribution in [3.63, 3.8) is 0 Å². The van der Waals surface area contributed by atoms with Crippen LogP contribution >= 0.6 is 11.6 Å². The topological polar surface area (TPSA) is 46.5 Å². The van der Waals surface area contributed by atoms with Gasteiger partial charge in [-0.1, -0.05) is 23.7 Å². The molecule has 3 nitrogen and oxygen atoms in total. The van der Waals surface area contributed by atoms with Gasteiger partial charge in [-0.2, -0.15) is 0 Å². The van der Waals surface area contributed by atoms with Gasteiger partial charge in [0.25, 0.3) is 0 Å². The number of benzene rings is 1. The number of rotatable bonds is 3. The number of esters is 1. The molecule has 1 aromatic carbocycles. The zero-order valence-corrected chi connectivity index (χ0v) is 10.5. The molecule has 0 heterocycles. The fourth-order valence-electron chi connectivity index (χ4n) is 2.32. The van der Waals surface area contributed by atoms with Crippen LogP contribution in [0.2, 0.25) is 5.02 Å². The van der Waals surface area contributed by atoms with Crippen LogP contribution in [0.25, 0.3) is 0 Å². The molecule has 2 rings (SSSR count). The molecule has 0 spiro atoms. The van der Waals surface area contributed by atoms with Gasteiger partial charge in [0.05, 0.1) is 18.6 Å². The summed E-state index contributed by atoms with van der Waals surface area (Å²) >= 11 is 6.07. The molecular weight excluding hydrogens is 240 g/mol. The van der Waals surface area contributed by atoms with E-state index in [2.05, 4.69) is 0 Å². The number of carbonyl (C=O) groups is 1. The van der Waals surface area contributed by atoms with E-state index < -0.39 is 5.60 Å². The molecule has 0 bridgehead atoms. The highest BCUT2D eigenvalue weighted by molar-refractivity contribution is 6.31. The lowest BCUT2D eigenvalue weighted by molar-refractivity contribution is -0.148. The van der Waals surface area contributed by atoms with Crippen molar-refractivity contribution in [2.45, 2.75) is 31.8 Å². The third kappa shape index (κ3) is 2.61. The molecule has 0 fully saturated rings. The highest BCUT2D eigenvalue weighted by atomic mass is 35.5. The predicted octanol–water partition coefficient (Wildman–Crippen LogP) is 2.12. The summed E-state index contributed by atoms with van der Waals surface area (Å²) in [4.78, 5) is 11.4. The number of hydrogen-bond acceptors (Lipinski definition) is 3. The number of hydrogen-bond donors (Lipinski definition) is 1. The Labute approximate surface area is 105 Å². The van der Waals surface area contributed by atoms with Crippen LogP contribution in [0.4, 0.5) is 0 Å². The lowest BCUT2D eigenvalue weighted by Gasteiger charge is -2.20. The maximum absolute atomic E-state index is 11.4. The van der Waals surface area contributed by atoms with E-state index in [0.717, 1.165) is 11.1 Å². The Morgan fingerprint density at radius 2 is 2.29 bits per heavy atom. The molecule has 1 N–H and O–H groups in total. The molecule has 4 heteroatoms. The molecule has 1 aliphatic carbocycles. The third-order valence-electron chi connectivity index (χ3n) is 3.02. The van der Waals surface area contributed by atoms with Gasteiger partial charge in [-0.15, -0.1) is 0 Å². The van der Waals surface area contributed by atoms with Gasteiger partial charge in [-0.25, -0.2) is 0 Å². The smallest absolute Gasteiger partial charge is 0.308 e. The van der Waals surface area contributed by atoms with E-state index in [1.165, 1.54) is 0 Å². The minimum absolute atomic E-state index is 0.0197. The second-order valence-corrected chi connectivity index (χ2v) is 4.84. The Bertz CT molecular complexity index is 444. The van der Waals surface area contributed by atoms with Crippen molar-refractivity contribution in [3.8, 4) is 0 Å². The first kappa shape index (κ1) is 12.4. The van der Waals surface area contributed by atoms with E-state index in [9.17, 15) is 9.90 Å². The molecule has 0 saturated carbocycles. The summed E-state index contributed by atoms with van der Waals surface area (Å²) < 4.78 is 4.87. The second-order valence-electron chi connectivity index (χ2n) is 4.44. The SMILES string of the molecule is CCOC(=O)CC1(O)Cc2cccc(Cl)c2C1. The van der Waals surface area contributed by atoms with Gasteiger partial charge in [0, 0.05) is 17.9 Å². The highest BCUT2D eigenvalue weighted by Gasteiger charge is 2.38. The van der Waals surface area contributed by atoms with Gasteiger partial charge in [0.15, 0.2) is 0 Å². The minimum atomic E-state index is -1.04. The van der Waals surface area contributed by atoms with E-state index in [1.54, 1.807) is 13.0 Å². The molecule has 17 heavy (non-hydrogen) atoms. The van der Waals surface area contributed by atoms with Crippen LogP contribution in [-0.4, -0.2) is 23.3 Å². The molecule has 0 saturated heterocycles. The lowest BCUT2D eigenvalue weighted by atomic mass is 9.96. The van der Waals surface area contributed by atoms with E-state index in [0.29, 0.717) is 24.5 Å². The van der Waals surface area contributed by atoms with Gasteiger partial charge in [0.1, 0.15) is 0 Å². The van der Waals surface area contributed by atoms with Crippen molar-refractivity contribution >= 4 is 17.6 Å². The first-order chi connectivity index (χ1) is 8.04. The molecule has 1 aromatic rings. The van der Waals surface area contributed by atoms with Crippen LogP contribution in [-0.2, 0) is 22.4 Å². The fourth-order valence-corrected chi connectivity index (χ4v) is 2.58. The van der Waals surface area contributed by atoms with Crippen LogP contribution < -0.4 is 0 Å². The van der Waals surface area contributed by atoms with Crippen molar-refractivity contribution in [1.82, 2.24) is 0 Å². The Morgan fingerprint density at radius 3 is 2.94 bits per heavy atom. The molecule has 92 valence electrons. The van der Waals surface area contributed by atoms with Gasteiger partial charge in [-0.05, 0) is 24.1 Å². The second kappa shape index (κ2) is 4.67. The monoisotopic (exact) mass is 254 g/mol. The number of halogens is 1. The van der Waals surface area contributed by atoms with Gasteiger partial charge in [0.2, 0.25) is 0 Å². The van der Waals surface area contributed by atoms with Crippen LogP contribution in [0.1, 0.15) is 24.5 Å². The summed E-state index contributed by atoms with van der Waals surface area (Å²) in [5.74, 6) is -0.362. The zero-order valence-electron chi connectivity index (χ0n) is 9.70. The standard InChI is InChI=1S/C13H15ClO3/c1-2-17-12(15)8-13(16)6-9-4-3-5-11(14)10(9)7-13/h3-5,16H,2,6-8H2,1H3. The van der Waals surface area contributed by atoms with E-state index >= 15 is 0 Å². The van der Waals surface area contributed by atoms with Crippen LogP contribution in [0.5, 0.6) is 0 Å². The first-order valence-corrected chi connectivity index (χ1v) is 6.06. The summed E-state index contributed by atoms with van der Waals surface area (Å²) in [6.45, 7) is 2.09. The average molecular weight is 255 g/mol. The maximum atomic E-state index is 11.4. The fraction of sp³-hybridized carbons (Fsp3) is 0.462. The maximum Gasteiger partial charge on any atom is 0.308 e. The number of fused-ring (bicyclic) bond motifs is 1. The van der Waals surface area contributed by atoms with E-state index in [4.69, 9.17) is 16.3 Å². The molecular formula is C13H15ClO3. The van der Waals surface area contributed by atoms with Crippen molar-refractivity contribution in [1.29, 1.82) is 0 Å². The Kier molecular flexibility index (Phi) is 3.40. The first-order valence-electron chi connectivity index (χ1n) is 5.68. The Balaban J connectivity index is 2.13. The predicted molar refractivity (Wildman–Crippen MR) is 65.1 cm³/mol. The molecule has 0 aliphatic heterocycles. The quantitative estimate of drug-likeness (QED) is 0.841. The van der Waals surface area contributed by atoms with Crippen molar-refractivity contribution in [3.05, 3.63) is 34.3 Å². The Hall–Kier alpha value is -1.06. The van der Waals surface area contributed by atoms with E-state index in [1.807, 2.05) is 12.1 Å². The summed E-state index contributed by atoms with van der Waals surface area (Å²) in [6.07, 6.45) is 0.897.